The number of esters is 1. The first-order valence-corrected chi connectivity index (χ1v) is 10.2. The molecule has 152 valence electrons. The molecule has 2 aliphatic rings. The number of thiazole rings is 1. The minimum absolute atomic E-state index is 0.291. The van der Waals surface area contributed by atoms with Crippen molar-refractivity contribution in [1.82, 2.24) is 4.57 Å². The molecule has 0 radical (unpaired) electrons. The van der Waals surface area contributed by atoms with E-state index in [0.29, 0.717) is 20.6 Å². The molecule has 0 aliphatic carbocycles. The molecule has 0 fully saturated rings. The predicted molar refractivity (Wildman–Crippen MR) is 108 cm³/mol. The Labute approximate surface area is 174 Å². The fourth-order valence-electron chi connectivity index (χ4n) is 4.18. The highest BCUT2D eigenvalue weighted by Gasteiger charge is 2.55. The van der Waals surface area contributed by atoms with Gasteiger partial charge in [0.2, 0.25) is 5.72 Å². The van der Waals surface area contributed by atoms with Gasteiger partial charge in [0.05, 0.1) is 17.7 Å². The quantitative estimate of drug-likeness (QED) is 0.590. The molecule has 0 saturated heterocycles. The number of carbonyl (C=O) groups is 1. The van der Waals surface area contributed by atoms with Gasteiger partial charge in [-0.05, 0) is 36.8 Å². The van der Waals surface area contributed by atoms with E-state index in [1.165, 1.54) is 35.1 Å². The first kappa shape index (κ1) is 18.7. The third kappa shape index (κ3) is 2.71. The van der Waals surface area contributed by atoms with Gasteiger partial charge in [-0.25, -0.2) is 9.38 Å². The van der Waals surface area contributed by atoms with Gasteiger partial charge in [0, 0.05) is 5.56 Å². The lowest BCUT2D eigenvalue weighted by molar-refractivity contribution is -0.158. The van der Waals surface area contributed by atoms with E-state index in [9.17, 15) is 14.0 Å². The van der Waals surface area contributed by atoms with Crippen LogP contribution in [0.5, 0.6) is 5.75 Å². The summed E-state index contributed by atoms with van der Waals surface area (Å²) < 4.78 is 26.7. The maximum atomic E-state index is 13.6. The molecule has 30 heavy (non-hydrogen) atoms. The third-order valence-corrected chi connectivity index (χ3v) is 6.46. The first-order chi connectivity index (χ1) is 14.4. The standard InChI is InChI=1S/C22H17FN2O4S/c1-22-17(20(27)28-2)18(14-8-3-4-9-15(14)29-22)25-19(26)16(30-21(25)24-22)11-12-6-5-7-13(23)10-12/h3-11,17-18H,1-2H3/t17-,18+,22-/m0/s1. The van der Waals surface area contributed by atoms with Crippen LogP contribution in [0.4, 0.5) is 4.39 Å². The van der Waals surface area contributed by atoms with Crippen molar-refractivity contribution in [2.24, 2.45) is 10.9 Å². The average molecular weight is 424 g/mol. The summed E-state index contributed by atoms with van der Waals surface area (Å²) in [6.07, 6.45) is 1.63. The van der Waals surface area contributed by atoms with Crippen molar-refractivity contribution in [3.63, 3.8) is 0 Å². The zero-order valence-corrected chi connectivity index (χ0v) is 17.0. The summed E-state index contributed by atoms with van der Waals surface area (Å²) >= 11 is 1.19. The predicted octanol–water partition coefficient (Wildman–Crippen LogP) is 2.00. The van der Waals surface area contributed by atoms with E-state index in [1.807, 2.05) is 18.2 Å². The molecule has 2 bridgehead atoms. The van der Waals surface area contributed by atoms with Crippen LogP contribution in [-0.2, 0) is 9.53 Å². The number of methoxy groups -OCH3 is 1. The highest BCUT2D eigenvalue weighted by molar-refractivity contribution is 7.07. The molecule has 0 amide bonds. The molecule has 0 unspecified atom stereocenters. The number of carbonyl (C=O) groups excluding carboxylic acids is 1. The molecule has 3 heterocycles. The lowest BCUT2D eigenvalue weighted by Gasteiger charge is -2.44. The number of rotatable bonds is 2. The number of aromatic nitrogens is 1. The average Bonchev–Trinajstić information content (AvgIpc) is 3.00. The lowest BCUT2D eigenvalue weighted by Crippen LogP contribution is -2.58. The Morgan fingerprint density at radius 1 is 1.30 bits per heavy atom. The van der Waals surface area contributed by atoms with Crippen molar-refractivity contribution in [3.05, 3.63) is 85.2 Å². The van der Waals surface area contributed by atoms with Crippen molar-refractivity contribution >= 4 is 23.4 Å². The Morgan fingerprint density at radius 2 is 2.10 bits per heavy atom. The number of hydrogen-bond acceptors (Lipinski definition) is 6. The molecular formula is C22H17FN2O4S. The fraction of sp³-hybridized carbons (Fsp3) is 0.227. The Bertz CT molecular complexity index is 1360. The second kappa shape index (κ2) is 6.63. The minimum Gasteiger partial charge on any atom is -0.469 e. The smallest absolute Gasteiger partial charge is 0.317 e. The molecule has 3 aromatic rings. The Hall–Kier alpha value is -3.26. The van der Waals surface area contributed by atoms with Gasteiger partial charge in [0.25, 0.3) is 5.56 Å². The second-order valence-electron chi connectivity index (χ2n) is 7.38. The highest BCUT2D eigenvalue weighted by Crippen LogP contribution is 2.47. The molecule has 0 spiro atoms. The summed E-state index contributed by atoms with van der Waals surface area (Å²) in [4.78, 5) is 31.2. The van der Waals surface area contributed by atoms with E-state index in [1.54, 1.807) is 31.2 Å². The van der Waals surface area contributed by atoms with Crippen LogP contribution >= 0.6 is 11.3 Å². The summed E-state index contributed by atoms with van der Waals surface area (Å²) in [6, 6.07) is 12.7. The second-order valence-corrected chi connectivity index (χ2v) is 8.38. The molecule has 5 rings (SSSR count). The zero-order valence-electron chi connectivity index (χ0n) is 16.2. The van der Waals surface area contributed by atoms with Crippen LogP contribution in [0, 0.1) is 11.7 Å². The molecule has 2 aliphatic heterocycles. The lowest BCUT2D eigenvalue weighted by atomic mass is 9.81. The molecule has 8 heteroatoms. The summed E-state index contributed by atoms with van der Waals surface area (Å²) in [5, 5.41) is 0. The summed E-state index contributed by atoms with van der Waals surface area (Å²) in [6.45, 7) is 1.72. The van der Waals surface area contributed by atoms with Gasteiger partial charge in [-0.1, -0.05) is 41.7 Å². The third-order valence-electron chi connectivity index (χ3n) is 5.48. The van der Waals surface area contributed by atoms with Gasteiger partial charge in [0.1, 0.15) is 17.5 Å². The fourth-order valence-corrected chi connectivity index (χ4v) is 5.28. The number of nitrogens with zero attached hydrogens (tertiary/aromatic N) is 2. The van der Waals surface area contributed by atoms with Crippen molar-refractivity contribution in [2.75, 3.05) is 7.11 Å². The van der Waals surface area contributed by atoms with Gasteiger partial charge in [0.15, 0.2) is 4.80 Å². The maximum Gasteiger partial charge on any atom is 0.317 e. The van der Waals surface area contributed by atoms with Crippen LogP contribution in [0.3, 0.4) is 0 Å². The van der Waals surface area contributed by atoms with Crippen LogP contribution < -0.4 is 19.6 Å². The Balaban J connectivity index is 1.80. The summed E-state index contributed by atoms with van der Waals surface area (Å²) in [5.41, 5.74) is -0.208. The van der Waals surface area contributed by atoms with E-state index in [2.05, 4.69) is 4.99 Å². The van der Waals surface area contributed by atoms with Crippen LogP contribution in [0.25, 0.3) is 6.08 Å². The number of hydrogen-bond donors (Lipinski definition) is 0. The van der Waals surface area contributed by atoms with E-state index in [-0.39, 0.29) is 11.4 Å². The molecule has 0 saturated carbocycles. The molecule has 2 aromatic carbocycles. The largest absolute Gasteiger partial charge is 0.469 e. The van der Waals surface area contributed by atoms with E-state index in [4.69, 9.17) is 9.47 Å². The van der Waals surface area contributed by atoms with Crippen molar-refractivity contribution in [2.45, 2.75) is 18.7 Å². The van der Waals surface area contributed by atoms with Gasteiger partial charge in [-0.2, -0.15) is 0 Å². The molecule has 3 atom stereocenters. The Kier molecular flexibility index (Phi) is 4.14. The number of ether oxygens (including phenoxy) is 2. The molecule has 1 aromatic heterocycles. The number of halogens is 1. The number of benzene rings is 2. The highest BCUT2D eigenvalue weighted by atomic mass is 32.1. The number of fused-ring (bicyclic) bond motifs is 6. The Morgan fingerprint density at radius 3 is 2.87 bits per heavy atom. The summed E-state index contributed by atoms with van der Waals surface area (Å²) in [5.74, 6) is -1.13. The van der Waals surface area contributed by atoms with Gasteiger partial charge in [-0.15, -0.1) is 0 Å². The van der Waals surface area contributed by atoms with Crippen molar-refractivity contribution in [1.29, 1.82) is 0 Å². The van der Waals surface area contributed by atoms with Crippen LogP contribution in [0.15, 0.2) is 58.3 Å². The van der Waals surface area contributed by atoms with Crippen molar-refractivity contribution < 1.29 is 18.7 Å². The van der Waals surface area contributed by atoms with Gasteiger partial charge in [-0.3, -0.25) is 14.2 Å². The van der Waals surface area contributed by atoms with Crippen molar-refractivity contribution in [3.8, 4) is 5.75 Å². The topological polar surface area (TPSA) is 69.9 Å². The minimum atomic E-state index is -1.21. The van der Waals surface area contributed by atoms with Crippen LogP contribution in [0.1, 0.15) is 24.1 Å². The van der Waals surface area contributed by atoms with Crippen LogP contribution in [-0.4, -0.2) is 23.4 Å². The maximum absolute atomic E-state index is 13.6. The normalized spacial score (nSPS) is 24.3. The molecule has 6 nitrogen and oxygen atoms in total. The van der Waals surface area contributed by atoms with Gasteiger partial charge < -0.3 is 9.47 Å². The van der Waals surface area contributed by atoms with E-state index < -0.39 is 23.7 Å². The molecule has 0 N–H and O–H groups in total. The van der Waals surface area contributed by atoms with E-state index in [0.717, 1.165) is 5.56 Å². The SMILES string of the molecule is COC(=O)[C@@H]1[C@H]2c3ccccc3O[C@]1(C)N=c1sc(=Cc3cccc(F)c3)c(=O)n12. The van der Waals surface area contributed by atoms with Gasteiger partial charge >= 0.3 is 5.97 Å². The molecular weight excluding hydrogens is 407 g/mol. The van der Waals surface area contributed by atoms with Crippen LogP contribution in [0.2, 0.25) is 0 Å². The van der Waals surface area contributed by atoms with E-state index >= 15 is 0 Å². The summed E-state index contributed by atoms with van der Waals surface area (Å²) in [7, 11) is 1.31. The monoisotopic (exact) mass is 424 g/mol. The number of para-hydroxylation sites is 1. The first-order valence-electron chi connectivity index (χ1n) is 9.35. The zero-order chi connectivity index (χ0) is 21.0.